The first-order valence-corrected chi connectivity index (χ1v) is 6.13. The third kappa shape index (κ3) is 2.25. The van der Waals surface area contributed by atoms with Gasteiger partial charge in [-0.3, -0.25) is 0 Å². The number of ether oxygens (including phenoxy) is 1. The van der Waals surface area contributed by atoms with E-state index in [9.17, 15) is 18.3 Å². The predicted molar refractivity (Wildman–Crippen MR) is 65.7 cm³/mol. The molecule has 0 amide bonds. The zero-order chi connectivity index (χ0) is 14.3. The average Bonchev–Trinajstić information content (AvgIpc) is 2.41. The quantitative estimate of drug-likeness (QED) is 0.863. The van der Waals surface area contributed by atoms with E-state index in [1.165, 1.54) is 24.3 Å². The van der Waals surface area contributed by atoms with E-state index >= 15 is 0 Å². The summed E-state index contributed by atoms with van der Waals surface area (Å²) in [6, 6.07) is 7.28. The smallest absolute Gasteiger partial charge is 0.159 e. The standard InChI is InChI=1S/C15H11F3O2/c16-9-2-3-10-13(19)7-14(20-15(10)6-9)8-1-4-11(17)12(18)5-8/h1-6,13-14,19H,7H2. The molecule has 3 rings (SSSR count). The molecule has 2 unspecified atom stereocenters. The van der Waals surface area contributed by atoms with Crippen LogP contribution >= 0.6 is 0 Å². The molecular formula is C15H11F3O2. The first kappa shape index (κ1) is 13.0. The molecular weight excluding hydrogens is 269 g/mol. The highest BCUT2D eigenvalue weighted by atomic mass is 19.2. The summed E-state index contributed by atoms with van der Waals surface area (Å²) in [5.41, 5.74) is 0.892. The van der Waals surface area contributed by atoms with Gasteiger partial charge in [0.05, 0.1) is 6.10 Å². The monoisotopic (exact) mass is 280 g/mol. The maximum Gasteiger partial charge on any atom is 0.159 e. The van der Waals surface area contributed by atoms with E-state index in [0.717, 1.165) is 12.1 Å². The number of fused-ring (bicyclic) bond motifs is 1. The van der Waals surface area contributed by atoms with E-state index in [-0.39, 0.29) is 12.2 Å². The highest BCUT2D eigenvalue weighted by molar-refractivity contribution is 5.39. The molecule has 2 aromatic rings. The lowest BCUT2D eigenvalue weighted by atomic mass is 9.95. The van der Waals surface area contributed by atoms with Gasteiger partial charge in [-0.2, -0.15) is 0 Å². The predicted octanol–water partition coefficient (Wildman–Crippen LogP) is 3.66. The number of benzene rings is 2. The molecule has 1 N–H and O–H groups in total. The number of rotatable bonds is 1. The molecule has 0 radical (unpaired) electrons. The first-order chi connectivity index (χ1) is 9.54. The number of halogens is 3. The molecule has 0 aliphatic carbocycles. The second-order valence-electron chi connectivity index (χ2n) is 4.71. The molecule has 0 bridgehead atoms. The minimum absolute atomic E-state index is 0.198. The normalized spacial score (nSPS) is 21.2. The van der Waals surface area contributed by atoms with E-state index in [1.54, 1.807) is 0 Å². The van der Waals surface area contributed by atoms with E-state index in [2.05, 4.69) is 0 Å². The Morgan fingerprint density at radius 3 is 2.55 bits per heavy atom. The van der Waals surface area contributed by atoms with Gasteiger partial charge in [-0.15, -0.1) is 0 Å². The highest BCUT2D eigenvalue weighted by Crippen LogP contribution is 2.41. The maximum absolute atomic E-state index is 13.2. The van der Waals surface area contributed by atoms with Crippen LogP contribution in [0.15, 0.2) is 36.4 Å². The Hall–Kier alpha value is -2.01. The van der Waals surface area contributed by atoms with E-state index in [1.807, 2.05) is 0 Å². The maximum atomic E-state index is 13.2. The molecule has 0 saturated heterocycles. The third-order valence-corrected chi connectivity index (χ3v) is 3.36. The van der Waals surface area contributed by atoms with Gasteiger partial charge in [0, 0.05) is 18.1 Å². The number of hydrogen-bond acceptors (Lipinski definition) is 2. The van der Waals surface area contributed by atoms with Gasteiger partial charge in [-0.25, -0.2) is 13.2 Å². The van der Waals surface area contributed by atoms with Gasteiger partial charge in [0.2, 0.25) is 0 Å². The van der Waals surface area contributed by atoms with Crippen molar-refractivity contribution in [3.63, 3.8) is 0 Å². The lowest BCUT2D eigenvalue weighted by Gasteiger charge is -2.30. The van der Waals surface area contributed by atoms with Crippen molar-refractivity contribution in [2.75, 3.05) is 0 Å². The first-order valence-electron chi connectivity index (χ1n) is 6.13. The van der Waals surface area contributed by atoms with Gasteiger partial charge in [0.15, 0.2) is 11.6 Å². The fourth-order valence-electron chi connectivity index (χ4n) is 2.33. The number of hydrogen-bond donors (Lipinski definition) is 1. The molecule has 20 heavy (non-hydrogen) atoms. The minimum atomic E-state index is -0.981. The molecule has 2 aromatic carbocycles. The zero-order valence-electron chi connectivity index (χ0n) is 10.3. The third-order valence-electron chi connectivity index (χ3n) is 3.36. The summed E-state index contributed by atoms with van der Waals surface area (Å²) in [5, 5.41) is 10.0. The van der Waals surface area contributed by atoms with Gasteiger partial charge in [0.25, 0.3) is 0 Å². The lowest BCUT2D eigenvalue weighted by Crippen LogP contribution is -2.19. The Morgan fingerprint density at radius 2 is 1.80 bits per heavy atom. The minimum Gasteiger partial charge on any atom is -0.485 e. The summed E-state index contributed by atoms with van der Waals surface area (Å²) in [4.78, 5) is 0. The molecule has 5 heteroatoms. The van der Waals surface area contributed by atoms with Crippen LogP contribution in [0.25, 0.3) is 0 Å². The van der Waals surface area contributed by atoms with Gasteiger partial charge < -0.3 is 9.84 Å². The highest BCUT2D eigenvalue weighted by Gasteiger charge is 2.28. The van der Waals surface area contributed by atoms with Crippen LogP contribution in [0.5, 0.6) is 5.75 Å². The summed E-state index contributed by atoms with van der Waals surface area (Å²) in [6.45, 7) is 0. The van der Waals surface area contributed by atoms with Crippen molar-refractivity contribution in [3.8, 4) is 5.75 Å². The van der Waals surface area contributed by atoms with Crippen LogP contribution in [0, 0.1) is 17.5 Å². The molecule has 0 aromatic heterocycles. The molecule has 104 valence electrons. The molecule has 1 heterocycles. The summed E-state index contributed by atoms with van der Waals surface area (Å²) in [6.07, 6.45) is -1.28. The van der Waals surface area contributed by atoms with Crippen LogP contribution in [0.3, 0.4) is 0 Å². The molecule has 1 aliphatic rings. The Labute approximate surface area is 113 Å². The molecule has 0 fully saturated rings. The second kappa shape index (κ2) is 4.83. The van der Waals surface area contributed by atoms with Crippen LogP contribution in [0.1, 0.15) is 29.8 Å². The van der Waals surface area contributed by atoms with Crippen molar-refractivity contribution < 1.29 is 23.0 Å². The van der Waals surface area contributed by atoms with Gasteiger partial charge in [-0.05, 0) is 29.8 Å². The van der Waals surface area contributed by atoms with Gasteiger partial charge in [-0.1, -0.05) is 6.07 Å². The van der Waals surface area contributed by atoms with Gasteiger partial charge >= 0.3 is 0 Å². The summed E-state index contributed by atoms with van der Waals surface area (Å²) in [7, 11) is 0. The Morgan fingerprint density at radius 1 is 1.00 bits per heavy atom. The average molecular weight is 280 g/mol. The largest absolute Gasteiger partial charge is 0.485 e. The van der Waals surface area contributed by atoms with Crippen LogP contribution in [0.4, 0.5) is 13.2 Å². The van der Waals surface area contributed by atoms with Crippen molar-refractivity contribution in [1.82, 2.24) is 0 Å². The SMILES string of the molecule is OC1CC(c2ccc(F)c(F)c2)Oc2cc(F)ccc21. The Bertz CT molecular complexity index is 658. The van der Waals surface area contributed by atoms with Crippen molar-refractivity contribution in [1.29, 1.82) is 0 Å². The van der Waals surface area contributed by atoms with Crippen LogP contribution in [-0.4, -0.2) is 5.11 Å². The zero-order valence-corrected chi connectivity index (χ0v) is 10.3. The fraction of sp³-hybridized carbons (Fsp3) is 0.200. The Balaban J connectivity index is 1.96. The van der Waals surface area contributed by atoms with Crippen LogP contribution < -0.4 is 4.74 Å². The topological polar surface area (TPSA) is 29.5 Å². The molecule has 0 spiro atoms. The number of aliphatic hydroxyl groups is 1. The van der Waals surface area contributed by atoms with Crippen molar-refractivity contribution in [3.05, 3.63) is 65.0 Å². The summed E-state index contributed by atoms with van der Waals surface area (Å²) >= 11 is 0. The summed E-state index contributed by atoms with van der Waals surface area (Å²) in [5.74, 6) is -2.19. The summed E-state index contributed by atoms with van der Waals surface area (Å²) < 4.78 is 44.9. The molecule has 2 nitrogen and oxygen atoms in total. The fourth-order valence-corrected chi connectivity index (χ4v) is 2.33. The van der Waals surface area contributed by atoms with E-state index in [4.69, 9.17) is 4.74 Å². The van der Waals surface area contributed by atoms with Crippen molar-refractivity contribution in [2.24, 2.45) is 0 Å². The Kier molecular flexibility index (Phi) is 3.14. The lowest BCUT2D eigenvalue weighted by molar-refractivity contribution is 0.0652. The van der Waals surface area contributed by atoms with Gasteiger partial charge in [0.1, 0.15) is 17.7 Å². The van der Waals surface area contributed by atoms with Crippen LogP contribution in [-0.2, 0) is 0 Å². The number of aliphatic hydroxyl groups excluding tert-OH is 1. The molecule has 0 saturated carbocycles. The van der Waals surface area contributed by atoms with E-state index in [0.29, 0.717) is 11.1 Å². The second-order valence-corrected chi connectivity index (χ2v) is 4.71. The molecule has 1 aliphatic heterocycles. The van der Waals surface area contributed by atoms with Crippen molar-refractivity contribution in [2.45, 2.75) is 18.6 Å². The van der Waals surface area contributed by atoms with Crippen LogP contribution in [0.2, 0.25) is 0 Å². The molecule has 2 atom stereocenters. The van der Waals surface area contributed by atoms with E-state index < -0.39 is 29.7 Å². The van der Waals surface area contributed by atoms with Crippen molar-refractivity contribution >= 4 is 0 Å².